The van der Waals surface area contributed by atoms with E-state index in [0.717, 1.165) is 24.2 Å². The Bertz CT molecular complexity index is 619. The lowest BCUT2D eigenvalue weighted by Gasteiger charge is -2.12. The molecule has 102 valence electrons. The van der Waals surface area contributed by atoms with Crippen LogP contribution >= 0.6 is 0 Å². The van der Waals surface area contributed by atoms with Crippen LogP contribution in [-0.2, 0) is 4.79 Å². The van der Waals surface area contributed by atoms with Gasteiger partial charge in [-0.15, -0.1) is 0 Å². The van der Waals surface area contributed by atoms with Crippen LogP contribution in [-0.4, -0.2) is 20.7 Å². The fraction of sp³-hybridized carbons (Fsp3) is 0.267. The number of benzene rings is 1. The van der Waals surface area contributed by atoms with Crippen LogP contribution in [0.25, 0.3) is 5.69 Å². The van der Waals surface area contributed by atoms with Crippen molar-refractivity contribution >= 4 is 11.6 Å². The van der Waals surface area contributed by atoms with E-state index in [-0.39, 0.29) is 5.91 Å². The molecule has 1 aliphatic carbocycles. The molecular weight excluding hydrogens is 252 g/mol. The second kappa shape index (κ2) is 5.69. The van der Waals surface area contributed by atoms with Crippen molar-refractivity contribution in [3.05, 3.63) is 49.1 Å². The first-order valence-corrected chi connectivity index (χ1v) is 6.73. The highest BCUT2D eigenvalue weighted by atomic mass is 16.1. The van der Waals surface area contributed by atoms with E-state index in [1.165, 1.54) is 6.33 Å². The molecule has 0 spiro atoms. The summed E-state index contributed by atoms with van der Waals surface area (Å²) < 4.78 is 1.64. The number of hydrogen-bond donors (Lipinski definition) is 1. The molecule has 1 aliphatic rings. The Labute approximate surface area is 117 Å². The monoisotopic (exact) mass is 268 g/mol. The van der Waals surface area contributed by atoms with Gasteiger partial charge in [-0.1, -0.05) is 24.3 Å². The van der Waals surface area contributed by atoms with Gasteiger partial charge in [-0.2, -0.15) is 5.10 Å². The summed E-state index contributed by atoms with van der Waals surface area (Å²) in [5.74, 6) is 0.405. The number of nitrogens with zero attached hydrogens (tertiary/aromatic N) is 3. The molecule has 2 aromatic rings. The number of rotatable bonds is 4. The van der Waals surface area contributed by atoms with Gasteiger partial charge < -0.3 is 5.32 Å². The van der Waals surface area contributed by atoms with E-state index in [1.54, 1.807) is 11.0 Å². The van der Waals surface area contributed by atoms with Gasteiger partial charge in [0.2, 0.25) is 5.91 Å². The minimum absolute atomic E-state index is 0.0362. The summed E-state index contributed by atoms with van der Waals surface area (Å²) in [6.45, 7) is 0. The second-order valence-electron chi connectivity index (χ2n) is 4.88. The van der Waals surface area contributed by atoms with Crippen LogP contribution in [0, 0.1) is 5.92 Å². The van der Waals surface area contributed by atoms with Crippen LogP contribution < -0.4 is 5.32 Å². The van der Waals surface area contributed by atoms with Gasteiger partial charge in [0.05, 0.1) is 11.4 Å². The normalized spacial score (nSPS) is 17.3. The van der Waals surface area contributed by atoms with Crippen molar-refractivity contribution in [2.24, 2.45) is 5.92 Å². The van der Waals surface area contributed by atoms with Crippen LogP contribution in [0.1, 0.15) is 19.3 Å². The summed E-state index contributed by atoms with van der Waals surface area (Å²) in [4.78, 5) is 16.0. The largest absolute Gasteiger partial charge is 0.324 e. The van der Waals surface area contributed by atoms with Gasteiger partial charge in [0.25, 0.3) is 0 Å². The third kappa shape index (κ3) is 2.77. The Morgan fingerprint density at radius 1 is 1.40 bits per heavy atom. The quantitative estimate of drug-likeness (QED) is 0.867. The van der Waals surface area contributed by atoms with Gasteiger partial charge in [0.1, 0.15) is 12.7 Å². The molecule has 0 radical (unpaired) electrons. The third-order valence-corrected chi connectivity index (χ3v) is 3.40. The molecule has 0 unspecified atom stereocenters. The molecule has 0 saturated heterocycles. The zero-order valence-corrected chi connectivity index (χ0v) is 11.1. The highest BCUT2D eigenvalue weighted by molar-refractivity contribution is 5.93. The fourth-order valence-corrected chi connectivity index (χ4v) is 2.42. The molecule has 1 heterocycles. The second-order valence-corrected chi connectivity index (χ2v) is 4.88. The Hall–Kier alpha value is -2.43. The van der Waals surface area contributed by atoms with Crippen LogP contribution in [0.15, 0.2) is 49.1 Å². The minimum atomic E-state index is 0.0362. The van der Waals surface area contributed by atoms with E-state index in [0.29, 0.717) is 12.3 Å². The van der Waals surface area contributed by atoms with Crippen molar-refractivity contribution in [2.45, 2.75) is 19.3 Å². The summed E-state index contributed by atoms with van der Waals surface area (Å²) in [5.41, 5.74) is 1.57. The van der Waals surface area contributed by atoms with Crippen LogP contribution in [0.5, 0.6) is 0 Å². The lowest BCUT2D eigenvalue weighted by molar-refractivity contribution is -0.116. The first-order chi connectivity index (χ1) is 9.83. The van der Waals surface area contributed by atoms with Crippen molar-refractivity contribution in [3.63, 3.8) is 0 Å². The fourth-order valence-electron chi connectivity index (χ4n) is 2.42. The lowest BCUT2D eigenvalue weighted by atomic mass is 10.0. The van der Waals surface area contributed by atoms with Gasteiger partial charge in [-0.05, 0) is 30.9 Å². The number of para-hydroxylation sites is 2. The van der Waals surface area contributed by atoms with Crippen molar-refractivity contribution in [1.82, 2.24) is 14.8 Å². The van der Waals surface area contributed by atoms with Gasteiger partial charge in [0.15, 0.2) is 0 Å². The summed E-state index contributed by atoms with van der Waals surface area (Å²) in [6.07, 6.45) is 10.0. The van der Waals surface area contributed by atoms with Gasteiger partial charge >= 0.3 is 0 Å². The predicted octanol–water partition coefficient (Wildman–Crippen LogP) is 2.56. The number of amides is 1. The number of aromatic nitrogens is 3. The maximum Gasteiger partial charge on any atom is 0.225 e. The summed E-state index contributed by atoms with van der Waals surface area (Å²) in [5, 5.41) is 7.07. The number of carbonyl (C=O) groups excluding carboxylic acids is 1. The Balaban J connectivity index is 1.74. The van der Waals surface area contributed by atoms with Crippen molar-refractivity contribution in [3.8, 4) is 5.69 Å². The Kier molecular flexibility index (Phi) is 3.58. The Morgan fingerprint density at radius 3 is 3.05 bits per heavy atom. The zero-order chi connectivity index (χ0) is 13.8. The average Bonchev–Trinajstić information content (AvgIpc) is 3.11. The molecule has 1 N–H and O–H groups in total. The molecule has 5 nitrogen and oxygen atoms in total. The molecule has 1 atom stereocenters. The molecule has 1 amide bonds. The zero-order valence-electron chi connectivity index (χ0n) is 11.1. The molecule has 5 heteroatoms. The summed E-state index contributed by atoms with van der Waals surface area (Å²) in [6, 6.07) is 7.58. The molecule has 1 aromatic heterocycles. The summed E-state index contributed by atoms with van der Waals surface area (Å²) >= 11 is 0. The van der Waals surface area contributed by atoms with E-state index in [9.17, 15) is 4.79 Å². The molecule has 0 aliphatic heterocycles. The number of allylic oxidation sites excluding steroid dienone is 2. The van der Waals surface area contributed by atoms with Crippen molar-refractivity contribution in [1.29, 1.82) is 0 Å². The van der Waals surface area contributed by atoms with E-state index in [1.807, 2.05) is 24.3 Å². The average molecular weight is 268 g/mol. The van der Waals surface area contributed by atoms with Crippen LogP contribution in [0.2, 0.25) is 0 Å². The Morgan fingerprint density at radius 2 is 2.30 bits per heavy atom. The topological polar surface area (TPSA) is 59.8 Å². The van der Waals surface area contributed by atoms with Crippen molar-refractivity contribution < 1.29 is 4.79 Å². The molecule has 0 bridgehead atoms. The maximum absolute atomic E-state index is 12.1. The van der Waals surface area contributed by atoms with E-state index >= 15 is 0 Å². The van der Waals surface area contributed by atoms with Crippen molar-refractivity contribution in [2.75, 3.05) is 5.32 Å². The molecule has 0 fully saturated rings. The van der Waals surface area contributed by atoms with Crippen LogP contribution in [0.3, 0.4) is 0 Å². The maximum atomic E-state index is 12.1. The number of hydrogen-bond acceptors (Lipinski definition) is 3. The SMILES string of the molecule is O=C(C[C@H]1C=CCC1)Nc1ccccc1-n1cncn1. The van der Waals surface area contributed by atoms with Gasteiger partial charge in [-0.3, -0.25) is 4.79 Å². The number of carbonyl (C=O) groups is 1. The molecular formula is C15H16N4O. The summed E-state index contributed by atoms with van der Waals surface area (Å²) in [7, 11) is 0. The highest BCUT2D eigenvalue weighted by Crippen LogP contribution is 2.23. The standard InChI is InChI=1S/C15H16N4O/c20-15(9-12-5-1-2-6-12)18-13-7-3-4-8-14(13)19-11-16-10-17-19/h1,3-5,7-8,10-12H,2,6,9H2,(H,18,20)/t12-/m0/s1. The first kappa shape index (κ1) is 12.6. The van der Waals surface area contributed by atoms with Gasteiger partial charge in [-0.25, -0.2) is 9.67 Å². The number of anilines is 1. The minimum Gasteiger partial charge on any atom is -0.324 e. The van der Waals surface area contributed by atoms with Crippen LogP contribution in [0.4, 0.5) is 5.69 Å². The highest BCUT2D eigenvalue weighted by Gasteiger charge is 2.15. The molecule has 1 aromatic carbocycles. The third-order valence-electron chi connectivity index (χ3n) is 3.40. The van der Waals surface area contributed by atoms with E-state index < -0.39 is 0 Å². The van der Waals surface area contributed by atoms with Gasteiger partial charge in [0, 0.05) is 6.42 Å². The molecule has 0 saturated carbocycles. The van der Waals surface area contributed by atoms with E-state index in [4.69, 9.17) is 0 Å². The predicted molar refractivity (Wildman–Crippen MR) is 76.5 cm³/mol. The smallest absolute Gasteiger partial charge is 0.225 e. The number of nitrogens with one attached hydrogen (secondary N) is 1. The van der Waals surface area contributed by atoms with E-state index in [2.05, 4.69) is 27.6 Å². The first-order valence-electron chi connectivity index (χ1n) is 6.73. The molecule has 20 heavy (non-hydrogen) atoms. The lowest BCUT2D eigenvalue weighted by Crippen LogP contribution is -2.16. The molecule has 3 rings (SSSR count).